The lowest BCUT2D eigenvalue weighted by atomic mass is 10.1. The van der Waals surface area contributed by atoms with Crippen LogP contribution in [-0.2, 0) is 6.61 Å². The summed E-state index contributed by atoms with van der Waals surface area (Å²) in [6.45, 7) is 0.616. The number of benzene rings is 2. The van der Waals surface area contributed by atoms with Crippen LogP contribution in [0, 0.1) is 0 Å². The van der Waals surface area contributed by atoms with E-state index < -0.39 is 0 Å². The van der Waals surface area contributed by atoms with Gasteiger partial charge in [-0.15, -0.1) is 0 Å². The van der Waals surface area contributed by atoms with Crippen molar-refractivity contribution in [1.82, 2.24) is 0 Å². The molecule has 2 aromatic rings. The Hall–Kier alpha value is -2.59. The maximum Gasteiger partial charge on any atom is 0.119 e. The Labute approximate surface area is 123 Å². The molecule has 0 saturated heterocycles. The molecular formula is C17H17N3O. The minimum atomic E-state index is 0.0484. The third-order valence-electron chi connectivity index (χ3n) is 3.46. The van der Waals surface area contributed by atoms with E-state index in [4.69, 9.17) is 10.8 Å². The molecule has 3 N–H and O–H groups in total. The van der Waals surface area contributed by atoms with Crippen molar-refractivity contribution in [2.45, 2.75) is 6.61 Å². The Bertz CT molecular complexity index is 675. The molecule has 0 fully saturated rings. The fraction of sp³-hybridized carbons (Fsp3) is 0.118. The molecule has 0 aromatic heterocycles. The van der Waals surface area contributed by atoms with Crippen LogP contribution >= 0.6 is 0 Å². The molecule has 0 spiro atoms. The number of aliphatic hydroxyl groups is 1. The second-order valence-electron chi connectivity index (χ2n) is 4.91. The second kappa shape index (κ2) is 5.81. The summed E-state index contributed by atoms with van der Waals surface area (Å²) in [6.07, 6.45) is 1.79. The first kappa shape index (κ1) is 13.4. The molecule has 21 heavy (non-hydrogen) atoms. The first-order valence-corrected chi connectivity index (χ1v) is 6.83. The van der Waals surface area contributed by atoms with Crippen LogP contribution in [0.3, 0.4) is 0 Å². The normalized spacial score (nSPS) is 14.6. The van der Waals surface area contributed by atoms with E-state index in [2.05, 4.69) is 22.0 Å². The van der Waals surface area contributed by atoms with Gasteiger partial charge >= 0.3 is 0 Å². The third kappa shape index (κ3) is 2.80. The van der Waals surface area contributed by atoms with E-state index in [0.29, 0.717) is 12.4 Å². The average Bonchev–Trinajstić information content (AvgIpc) is 2.56. The van der Waals surface area contributed by atoms with Gasteiger partial charge in [-0.1, -0.05) is 42.5 Å². The highest BCUT2D eigenvalue weighted by molar-refractivity contribution is 5.95. The molecule has 1 aliphatic heterocycles. The smallest absolute Gasteiger partial charge is 0.119 e. The molecule has 0 radical (unpaired) electrons. The van der Waals surface area contributed by atoms with Crippen LogP contribution in [-0.4, -0.2) is 17.5 Å². The number of amidine groups is 1. The fourth-order valence-corrected chi connectivity index (χ4v) is 2.35. The van der Waals surface area contributed by atoms with E-state index >= 15 is 0 Å². The highest BCUT2D eigenvalue weighted by Crippen LogP contribution is 2.28. The molecule has 1 heterocycles. The monoisotopic (exact) mass is 279 g/mol. The van der Waals surface area contributed by atoms with Crippen LogP contribution in [0.1, 0.15) is 11.1 Å². The van der Waals surface area contributed by atoms with Gasteiger partial charge in [-0.05, 0) is 23.3 Å². The molecule has 3 rings (SSSR count). The van der Waals surface area contributed by atoms with Crippen molar-refractivity contribution in [3.63, 3.8) is 0 Å². The van der Waals surface area contributed by atoms with Crippen LogP contribution in [0.2, 0.25) is 0 Å². The van der Waals surface area contributed by atoms with Gasteiger partial charge in [-0.25, -0.2) is 4.99 Å². The van der Waals surface area contributed by atoms with E-state index in [-0.39, 0.29) is 6.61 Å². The van der Waals surface area contributed by atoms with Gasteiger partial charge in [0.05, 0.1) is 25.0 Å². The van der Waals surface area contributed by atoms with E-state index in [1.165, 1.54) is 0 Å². The number of rotatable bonds is 3. The Kier molecular flexibility index (Phi) is 3.71. The maximum absolute atomic E-state index is 9.14. The number of aliphatic imine (C=N–C) groups is 1. The Morgan fingerprint density at radius 3 is 2.43 bits per heavy atom. The highest BCUT2D eigenvalue weighted by Gasteiger charge is 2.18. The fourth-order valence-electron chi connectivity index (χ4n) is 2.35. The molecular weight excluding hydrogens is 262 g/mol. The molecule has 0 saturated carbocycles. The molecule has 0 amide bonds. The Morgan fingerprint density at radius 1 is 1.05 bits per heavy atom. The van der Waals surface area contributed by atoms with E-state index in [1.54, 1.807) is 6.20 Å². The predicted molar refractivity (Wildman–Crippen MR) is 85.8 cm³/mol. The second-order valence-corrected chi connectivity index (χ2v) is 4.91. The van der Waals surface area contributed by atoms with Gasteiger partial charge in [-0.3, -0.25) is 0 Å². The lowest BCUT2D eigenvalue weighted by molar-refractivity contribution is 0.282. The van der Waals surface area contributed by atoms with Crippen LogP contribution in [0.4, 0.5) is 5.69 Å². The predicted octanol–water partition coefficient (Wildman–Crippen LogP) is 2.35. The van der Waals surface area contributed by atoms with E-state index in [1.807, 2.05) is 42.5 Å². The van der Waals surface area contributed by atoms with Crippen LogP contribution in [0.5, 0.6) is 0 Å². The average molecular weight is 279 g/mol. The van der Waals surface area contributed by atoms with Gasteiger partial charge < -0.3 is 15.7 Å². The summed E-state index contributed by atoms with van der Waals surface area (Å²) in [4.78, 5) is 6.38. The van der Waals surface area contributed by atoms with Crippen molar-refractivity contribution < 1.29 is 5.11 Å². The zero-order valence-electron chi connectivity index (χ0n) is 11.6. The Morgan fingerprint density at radius 2 is 1.76 bits per heavy atom. The van der Waals surface area contributed by atoms with Gasteiger partial charge in [0.25, 0.3) is 0 Å². The zero-order valence-corrected chi connectivity index (χ0v) is 11.6. The summed E-state index contributed by atoms with van der Waals surface area (Å²) >= 11 is 0. The van der Waals surface area contributed by atoms with E-state index in [9.17, 15) is 0 Å². The highest BCUT2D eigenvalue weighted by atomic mass is 16.3. The third-order valence-corrected chi connectivity index (χ3v) is 3.46. The molecule has 0 aliphatic carbocycles. The van der Waals surface area contributed by atoms with Gasteiger partial charge in [0, 0.05) is 5.69 Å². The van der Waals surface area contributed by atoms with Gasteiger partial charge in [0.1, 0.15) is 5.84 Å². The molecule has 2 aromatic carbocycles. The van der Waals surface area contributed by atoms with Crippen LogP contribution in [0.15, 0.2) is 65.8 Å². The Balaban J connectivity index is 1.99. The molecule has 0 unspecified atom stereocenters. The minimum absolute atomic E-state index is 0.0484. The maximum atomic E-state index is 9.14. The van der Waals surface area contributed by atoms with Crippen LogP contribution in [0.25, 0.3) is 5.70 Å². The first-order chi connectivity index (χ1) is 10.3. The summed E-state index contributed by atoms with van der Waals surface area (Å²) in [6, 6.07) is 17.9. The molecule has 106 valence electrons. The van der Waals surface area contributed by atoms with Crippen molar-refractivity contribution in [1.29, 1.82) is 0 Å². The van der Waals surface area contributed by atoms with Gasteiger partial charge in [-0.2, -0.15) is 0 Å². The summed E-state index contributed by atoms with van der Waals surface area (Å²) in [7, 11) is 0. The summed E-state index contributed by atoms with van der Waals surface area (Å²) in [5.41, 5.74) is 9.90. The number of aliphatic hydroxyl groups excluding tert-OH is 1. The van der Waals surface area contributed by atoms with Gasteiger partial charge in [0.2, 0.25) is 0 Å². The zero-order chi connectivity index (χ0) is 14.7. The summed E-state index contributed by atoms with van der Waals surface area (Å²) in [5, 5.41) is 9.14. The SMILES string of the molecule is NC1=NC=C(c2ccc(CO)cc2)N(c2ccccc2)C1. The summed E-state index contributed by atoms with van der Waals surface area (Å²) < 4.78 is 0. The van der Waals surface area contributed by atoms with Crippen molar-refractivity contribution in [2.24, 2.45) is 10.7 Å². The molecule has 4 nitrogen and oxygen atoms in total. The number of para-hydroxylation sites is 1. The molecule has 4 heteroatoms. The largest absolute Gasteiger partial charge is 0.392 e. The van der Waals surface area contributed by atoms with Crippen molar-refractivity contribution in [2.75, 3.05) is 11.4 Å². The topological polar surface area (TPSA) is 61.9 Å². The number of hydrogen-bond acceptors (Lipinski definition) is 4. The minimum Gasteiger partial charge on any atom is -0.392 e. The quantitative estimate of drug-likeness (QED) is 0.906. The number of anilines is 1. The first-order valence-electron chi connectivity index (χ1n) is 6.83. The van der Waals surface area contributed by atoms with Crippen LogP contribution < -0.4 is 10.6 Å². The number of nitrogens with two attached hydrogens (primary N) is 1. The number of hydrogen-bond donors (Lipinski definition) is 2. The van der Waals surface area contributed by atoms with Crippen molar-refractivity contribution in [3.8, 4) is 0 Å². The van der Waals surface area contributed by atoms with E-state index in [0.717, 1.165) is 22.5 Å². The standard InChI is InChI=1S/C17H17N3O/c18-17-11-20(15-4-2-1-3-5-15)16(10-19-17)14-8-6-13(12-21)7-9-14/h1-10,21H,11-12H2,(H2,18,19). The van der Waals surface area contributed by atoms with Crippen molar-refractivity contribution >= 4 is 17.2 Å². The molecule has 0 atom stereocenters. The van der Waals surface area contributed by atoms with Crippen molar-refractivity contribution in [3.05, 3.63) is 71.9 Å². The lowest BCUT2D eigenvalue weighted by Gasteiger charge is -2.29. The number of nitrogens with zero attached hydrogens (tertiary/aromatic N) is 2. The lowest BCUT2D eigenvalue weighted by Crippen LogP contribution is -2.35. The van der Waals surface area contributed by atoms with Gasteiger partial charge in [0.15, 0.2) is 0 Å². The molecule has 0 bridgehead atoms. The summed E-state index contributed by atoms with van der Waals surface area (Å²) in [5.74, 6) is 0.592. The molecule has 1 aliphatic rings.